The second kappa shape index (κ2) is 8.56. The molecule has 6 nitrogen and oxygen atoms in total. The number of aliphatic carboxylic acids is 1. The molecule has 2 atom stereocenters. The summed E-state index contributed by atoms with van der Waals surface area (Å²) in [6.45, 7) is 0. The predicted molar refractivity (Wildman–Crippen MR) is 102 cm³/mol. The lowest BCUT2D eigenvalue weighted by Crippen LogP contribution is -2.40. The molecule has 0 aliphatic carbocycles. The van der Waals surface area contributed by atoms with Crippen molar-refractivity contribution in [2.45, 2.75) is 31.5 Å². The van der Waals surface area contributed by atoms with Crippen molar-refractivity contribution in [1.29, 1.82) is 0 Å². The fourth-order valence-electron chi connectivity index (χ4n) is 3.45. The van der Waals surface area contributed by atoms with E-state index in [2.05, 4.69) is 10.6 Å². The third kappa shape index (κ3) is 4.97. The van der Waals surface area contributed by atoms with Crippen LogP contribution in [0.2, 0.25) is 0 Å². The lowest BCUT2D eigenvalue weighted by atomic mass is 9.93. The molecule has 2 amide bonds. The van der Waals surface area contributed by atoms with Gasteiger partial charge in [0.25, 0.3) is 5.91 Å². The van der Waals surface area contributed by atoms with Crippen molar-refractivity contribution < 1.29 is 32.7 Å². The zero-order valence-corrected chi connectivity index (χ0v) is 15.7. The molecule has 0 spiro atoms. The topological polar surface area (TPSA) is 95.5 Å². The highest BCUT2D eigenvalue weighted by molar-refractivity contribution is 6.04. The number of rotatable bonds is 6. The number of anilines is 1. The third-order valence-electron chi connectivity index (χ3n) is 4.86. The van der Waals surface area contributed by atoms with Gasteiger partial charge in [0.2, 0.25) is 5.91 Å². The Labute approximate surface area is 170 Å². The molecule has 2 aromatic rings. The van der Waals surface area contributed by atoms with Crippen LogP contribution >= 0.6 is 0 Å². The zero-order valence-electron chi connectivity index (χ0n) is 15.7. The summed E-state index contributed by atoms with van der Waals surface area (Å²) >= 11 is 0. The lowest BCUT2D eigenvalue weighted by molar-refractivity contribution is -0.148. The molecule has 3 rings (SSSR count). The van der Waals surface area contributed by atoms with Crippen molar-refractivity contribution in [2.24, 2.45) is 5.92 Å². The Balaban J connectivity index is 1.90. The maximum absolute atomic E-state index is 12.8. The van der Waals surface area contributed by atoms with E-state index in [0.29, 0.717) is 16.8 Å². The van der Waals surface area contributed by atoms with E-state index in [1.165, 1.54) is 0 Å². The van der Waals surface area contributed by atoms with Crippen LogP contribution in [0.1, 0.15) is 30.9 Å². The highest BCUT2D eigenvalue weighted by atomic mass is 19.4. The largest absolute Gasteiger partial charge is 0.481 e. The van der Waals surface area contributed by atoms with E-state index in [1.807, 2.05) is 0 Å². The molecule has 0 fully saturated rings. The van der Waals surface area contributed by atoms with Gasteiger partial charge in [0.05, 0.1) is 6.42 Å². The number of amides is 2. The van der Waals surface area contributed by atoms with Crippen molar-refractivity contribution in [2.75, 3.05) is 5.32 Å². The first-order valence-electron chi connectivity index (χ1n) is 9.24. The molecule has 0 saturated heterocycles. The Morgan fingerprint density at radius 1 is 1.07 bits per heavy atom. The number of hydrogen-bond donors (Lipinski definition) is 3. The molecular weight excluding hydrogens is 401 g/mol. The summed E-state index contributed by atoms with van der Waals surface area (Å²) in [5.41, 5.74) is 2.42. The van der Waals surface area contributed by atoms with E-state index in [0.717, 1.165) is 5.56 Å². The summed E-state index contributed by atoms with van der Waals surface area (Å²) in [5, 5.41) is 14.2. The normalized spacial score (nSPS) is 16.5. The van der Waals surface area contributed by atoms with Gasteiger partial charge in [-0.05, 0) is 23.6 Å². The average Bonchev–Trinajstić information content (AvgIpc) is 2.79. The van der Waals surface area contributed by atoms with Gasteiger partial charge >= 0.3 is 12.1 Å². The first-order valence-corrected chi connectivity index (χ1v) is 9.24. The first kappa shape index (κ1) is 21.4. The molecule has 9 heteroatoms. The number of fused-ring (bicyclic) bond motifs is 3. The van der Waals surface area contributed by atoms with Crippen LogP contribution < -0.4 is 10.6 Å². The summed E-state index contributed by atoms with van der Waals surface area (Å²) in [6.07, 6.45) is -7.27. The molecule has 2 unspecified atom stereocenters. The Morgan fingerprint density at radius 2 is 1.70 bits per heavy atom. The van der Waals surface area contributed by atoms with Crippen LogP contribution in [0, 0.1) is 5.92 Å². The standard InChI is InChI=1S/C21H19F3N2O4/c22-21(23,24)10-9-12(11-17(27)28)19(29)26-18-15-7-2-1-5-13(15)14-6-3-4-8-16(14)25-20(18)30/h1-8,12,18H,9-11H2,(H,25,30)(H,26,29)(H,27,28). The first-order chi connectivity index (χ1) is 14.2. The fourth-order valence-corrected chi connectivity index (χ4v) is 3.45. The van der Waals surface area contributed by atoms with Crippen molar-refractivity contribution in [1.82, 2.24) is 5.32 Å². The van der Waals surface area contributed by atoms with Crippen LogP contribution in [0.3, 0.4) is 0 Å². The monoisotopic (exact) mass is 420 g/mol. The van der Waals surface area contributed by atoms with Crippen LogP contribution in [0.15, 0.2) is 48.5 Å². The summed E-state index contributed by atoms with van der Waals surface area (Å²) in [4.78, 5) is 36.6. The van der Waals surface area contributed by atoms with Crippen LogP contribution in [-0.4, -0.2) is 29.1 Å². The van der Waals surface area contributed by atoms with E-state index >= 15 is 0 Å². The summed E-state index contributed by atoms with van der Waals surface area (Å²) in [5.74, 6) is -4.29. The second-order valence-corrected chi connectivity index (χ2v) is 7.01. The number of carboxylic acid groups (broad SMARTS) is 1. The predicted octanol–water partition coefficient (Wildman–Crippen LogP) is 3.90. The Kier molecular flexibility index (Phi) is 6.09. The van der Waals surface area contributed by atoms with Gasteiger partial charge in [0, 0.05) is 23.6 Å². The third-order valence-corrected chi connectivity index (χ3v) is 4.86. The Bertz CT molecular complexity index is 975. The van der Waals surface area contributed by atoms with Gasteiger partial charge in [-0.2, -0.15) is 13.2 Å². The van der Waals surface area contributed by atoms with Gasteiger partial charge < -0.3 is 15.7 Å². The molecule has 3 N–H and O–H groups in total. The number of carbonyl (C=O) groups is 3. The smallest absolute Gasteiger partial charge is 0.389 e. The molecule has 1 aliphatic rings. The number of nitrogens with one attached hydrogen (secondary N) is 2. The molecule has 0 bridgehead atoms. The minimum Gasteiger partial charge on any atom is -0.481 e. The van der Waals surface area contributed by atoms with Gasteiger partial charge in [0.1, 0.15) is 6.04 Å². The SMILES string of the molecule is O=C(O)CC(CCC(F)(F)F)C(=O)NC1C(=O)Nc2ccccc2-c2ccccc21. The van der Waals surface area contributed by atoms with Crippen LogP contribution in [-0.2, 0) is 14.4 Å². The molecule has 0 saturated carbocycles. The number of hydrogen-bond acceptors (Lipinski definition) is 3. The number of para-hydroxylation sites is 1. The van der Waals surface area contributed by atoms with E-state index < -0.39 is 55.2 Å². The number of carboxylic acids is 1. The molecule has 158 valence electrons. The second-order valence-electron chi connectivity index (χ2n) is 7.01. The highest BCUT2D eigenvalue weighted by Gasteiger charge is 2.35. The van der Waals surface area contributed by atoms with Crippen molar-refractivity contribution in [3.8, 4) is 11.1 Å². The fraction of sp³-hybridized carbons (Fsp3) is 0.286. The van der Waals surface area contributed by atoms with Gasteiger partial charge in [0.15, 0.2) is 0 Å². The Morgan fingerprint density at radius 3 is 2.37 bits per heavy atom. The molecule has 2 aromatic carbocycles. The van der Waals surface area contributed by atoms with Gasteiger partial charge in [-0.1, -0.05) is 42.5 Å². The summed E-state index contributed by atoms with van der Waals surface area (Å²) in [7, 11) is 0. The van der Waals surface area contributed by atoms with E-state index in [4.69, 9.17) is 5.11 Å². The molecule has 30 heavy (non-hydrogen) atoms. The molecular formula is C21H19F3N2O4. The highest BCUT2D eigenvalue weighted by Crippen LogP contribution is 2.37. The van der Waals surface area contributed by atoms with E-state index in [1.54, 1.807) is 48.5 Å². The molecule has 0 radical (unpaired) electrons. The van der Waals surface area contributed by atoms with Gasteiger partial charge in [-0.15, -0.1) is 0 Å². The van der Waals surface area contributed by atoms with Crippen LogP contribution in [0.5, 0.6) is 0 Å². The minimum atomic E-state index is -4.52. The van der Waals surface area contributed by atoms with E-state index in [-0.39, 0.29) is 0 Å². The maximum atomic E-state index is 12.8. The van der Waals surface area contributed by atoms with Crippen LogP contribution in [0.25, 0.3) is 11.1 Å². The average molecular weight is 420 g/mol. The number of halogens is 3. The number of carbonyl (C=O) groups excluding carboxylic acids is 2. The zero-order chi connectivity index (χ0) is 21.9. The number of alkyl halides is 3. The van der Waals surface area contributed by atoms with Crippen LogP contribution in [0.4, 0.5) is 18.9 Å². The van der Waals surface area contributed by atoms with Crippen molar-refractivity contribution in [3.63, 3.8) is 0 Å². The quantitative estimate of drug-likeness (QED) is 0.661. The van der Waals surface area contributed by atoms with Crippen molar-refractivity contribution in [3.05, 3.63) is 54.1 Å². The molecule has 1 heterocycles. The van der Waals surface area contributed by atoms with Gasteiger partial charge in [-0.25, -0.2) is 0 Å². The summed E-state index contributed by atoms with van der Waals surface area (Å²) < 4.78 is 37.8. The van der Waals surface area contributed by atoms with E-state index in [9.17, 15) is 27.6 Å². The maximum Gasteiger partial charge on any atom is 0.389 e. The molecule has 0 aromatic heterocycles. The van der Waals surface area contributed by atoms with Gasteiger partial charge in [-0.3, -0.25) is 14.4 Å². The minimum absolute atomic E-state index is 0.471. The molecule has 1 aliphatic heterocycles. The Hall–Kier alpha value is -3.36. The summed E-state index contributed by atoms with van der Waals surface area (Å²) in [6, 6.07) is 12.7. The number of benzene rings is 2. The van der Waals surface area contributed by atoms with Crippen molar-refractivity contribution >= 4 is 23.5 Å². The lowest BCUT2D eigenvalue weighted by Gasteiger charge is -2.22.